The number of aromatic nitrogens is 1. The van der Waals surface area contributed by atoms with Crippen LogP contribution in [0.1, 0.15) is 0 Å². The van der Waals surface area contributed by atoms with Gasteiger partial charge in [0.2, 0.25) is 0 Å². The highest BCUT2D eigenvalue weighted by Gasteiger charge is 2.16. The molecule has 0 N–H and O–H groups in total. The molecular weight excluding hydrogens is 194 g/mol. The van der Waals surface area contributed by atoms with Gasteiger partial charge >= 0.3 is 0 Å². The molecule has 0 aliphatic carbocycles. The average molecular weight is 207 g/mol. The molecule has 0 radical (unpaired) electrons. The van der Waals surface area contributed by atoms with E-state index in [0.29, 0.717) is 0 Å². The van der Waals surface area contributed by atoms with Crippen molar-refractivity contribution >= 4 is 34.8 Å². The van der Waals surface area contributed by atoms with Crippen LogP contribution in [0.3, 0.4) is 0 Å². The first kappa shape index (κ1) is 8.90. The minimum absolute atomic E-state index is 1.13. The van der Waals surface area contributed by atoms with Crippen LogP contribution < -0.4 is 5.19 Å². The van der Waals surface area contributed by atoms with E-state index in [1.165, 1.54) is 9.89 Å². The molecule has 0 amide bonds. The first-order chi connectivity index (χ1) is 6.07. The van der Waals surface area contributed by atoms with Crippen molar-refractivity contribution in [1.82, 2.24) is 4.98 Å². The molecular formula is C10H13NSSi. The molecule has 1 aromatic heterocycles. The van der Waals surface area contributed by atoms with E-state index in [-0.39, 0.29) is 0 Å². The summed E-state index contributed by atoms with van der Waals surface area (Å²) in [4.78, 5) is 4.28. The van der Waals surface area contributed by atoms with Crippen LogP contribution in [0.25, 0.3) is 10.2 Å². The van der Waals surface area contributed by atoms with E-state index in [4.69, 9.17) is 0 Å². The molecule has 1 nitrogen and oxygen atoms in total. The van der Waals surface area contributed by atoms with Crippen molar-refractivity contribution < 1.29 is 0 Å². The number of nitrogens with zero attached hydrogens (tertiary/aromatic N) is 1. The normalized spacial score (nSPS) is 12.2. The van der Waals surface area contributed by atoms with Crippen LogP contribution >= 0.6 is 11.3 Å². The maximum atomic E-state index is 4.28. The van der Waals surface area contributed by atoms with Crippen LogP contribution in [0.4, 0.5) is 0 Å². The third-order valence-electron chi connectivity index (χ3n) is 2.20. The summed E-state index contributed by atoms with van der Waals surface area (Å²) in [6, 6.07) is 6.67. The number of benzene rings is 1. The lowest BCUT2D eigenvalue weighted by atomic mass is 10.3. The van der Waals surface area contributed by atoms with Crippen molar-refractivity contribution in [2.75, 3.05) is 0 Å². The summed E-state index contributed by atoms with van der Waals surface area (Å²) in [6.45, 7) is 7.11. The summed E-state index contributed by atoms with van der Waals surface area (Å²) in [7, 11) is -1.15. The fourth-order valence-electron chi connectivity index (χ4n) is 1.32. The third-order valence-corrected chi connectivity index (χ3v) is 5.03. The molecule has 1 aromatic carbocycles. The van der Waals surface area contributed by atoms with Crippen molar-refractivity contribution in [2.24, 2.45) is 0 Å². The molecule has 0 spiro atoms. The van der Waals surface area contributed by atoms with E-state index < -0.39 is 8.07 Å². The third kappa shape index (κ3) is 1.66. The minimum atomic E-state index is -1.15. The van der Waals surface area contributed by atoms with Crippen LogP contribution in [0.5, 0.6) is 0 Å². The topological polar surface area (TPSA) is 12.9 Å². The SMILES string of the molecule is C[Si](C)(C)c1ccc2ncsc2c1. The smallest absolute Gasteiger partial charge is 0.0811 e. The Balaban J connectivity index is 2.61. The molecule has 0 unspecified atom stereocenters. The predicted octanol–water partition coefficient (Wildman–Crippen LogP) is 2.84. The molecule has 68 valence electrons. The average Bonchev–Trinajstić information content (AvgIpc) is 2.47. The van der Waals surface area contributed by atoms with Gasteiger partial charge in [0.25, 0.3) is 0 Å². The van der Waals surface area contributed by atoms with Gasteiger partial charge in [0.05, 0.1) is 23.8 Å². The summed E-state index contributed by atoms with van der Waals surface area (Å²) >= 11 is 1.73. The Morgan fingerprint density at radius 1 is 1.23 bits per heavy atom. The summed E-state index contributed by atoms with van der Waals surface area (Å²) in [6.07, 6.45) is 0. The monoisotopic (exact) mass is 207 g/mol. The second-order valence-corrected chi connectivity index (χ2v) is 10.2. The fraction of sp³-hybridized carbons (Fsp3) is 0.300. The lowest BCUT2D eigenvalue weighted by Gasteiger charge is -2.15. The van der Waals surface area contributed by atoms with Crippen molar-refractivity contribution in [1.29, 1.82) is 0 Å². The van der Waals surface area contributed by atoms with Gasteiger partial charge < -0.3 is 0 Å². The van der Waals surface area contributed by atoms with Crippen molar-refractivity contribution in [2.45, 2.75) is 19.6 Å². The van der Waals surface area contributed by atoms with Crippen LogP contribution in [-0.4, -0.2) is 13.1 Å². The number of fused-ring (bicyclic) bond motifs is 1. The van der Waals surface area contributed by atoms with Gasteiger partial charge in [-0.1, -0.05) is 30.9 Å². The molecule has 0 saturated heterocycles. The highest BCUT2D eigenvalue weighted by molar-refractivity contribution is 7.16. The summed E-state index contributed by atoms with van der Waals surface area (Å²) in [5.74, 6) is 0. The van der Waals surface area contributed by atoms with E-state index >= 15 is 0 Å². The minimum Gasteiger partial charge on any atom is -0.245 e. The molecule has 0 fully saturated rings. The summed E-state index contributed by atoms with van der Waals surface area (Å²) in [5.41, 5.74) is 3.05. The molecule has 2 aromatic rings. The van der Waals surface area contributed by atoms with Gasteiger partial charge in [0, 0.05) is 0 Å². The van der Waals surface area contributed by atoms with Gasteiger partial charge in [0.15, 0.2) is 0 Å². The molecule has 0 saturated carbocycles. The van der Waals surface area contributed by atoms with Gasteiger partial charge in [-0.2, -0.15) is 0 Å². The molecule has 1 heterocycles. The molecule has 13 heavy (non-hydrogen) atoms. The molecule has 0 aliphatic heterocycles. The zero-order valence-corrected chi connectivity index (χ0v) is 9.98. The van der Waals surface area contributed by atoms with Gasteiger partial charge in [-0.15, -0.1) is 11.3 Å². The number of hydrogen-bond donors (Lipinski definition) is 0. The first-order valence-corrected chi connectivity index (χ1v) is 8.79. The number of thiazole rings is 1. The standard InChI is InChI=1S/C10H13NSSi/c1-13(2,3)8-4-5-9-10(6-8)12-7-11-9/h4-7H,1-3H3. The molecule has 3 heteroatoms. The largest absolute Gasteiger partial charge is 0.245 e. The molecule has 2 rings (SSSR count). The van der Waals surface area contributed by atoms with Gasteiger partial charge in [-0.25, -0.2) is 4.98 Å². The lowest BCUT2D eigenvalue weighted by molar-refractivity contribution is 1.50. The number of rotatable bonds is 1. The van der Waals surface area contributed by atoms with E-state index in [1.54, 1.807) is 11.3 Å². The van der Waals surface area contributed by atoms with E-state index in [9.17, 15) is 0 Å². The van der Waals surface area contributed by atoms with Crippen LogP contribution in [0, 0.1) is 0 Å². The maximum absolute atomic E-state index is 4.28. The fourth-order valence-corrected chi connectivity index (χ4v) is 3.30. The molecule has 0 aliphatic rings. The van der Waals surface area contributed by atoms with Crippen molar-refractivity contribution in [3.63, 3.8) is 0 Å². The summed E-state index contributed by atoms with van der Waals surface area (Å²) in [5, 5.41) is 1.52. The van der Waals surface area contributed by atoms with Gasteiger partial charge in [0.1, 0.15) is 0 Å². The van der Waals surface area contributed by atoms with Crippen molar-refractivity contribution in [3.8, 4) is 0 Å². The zero-order chi connectivity index (χ0) is 9.47. The highest BCUT2D eigenvalue weighted by Crippen LogP contribution is 2.17. The Labute approximate surface area is 83.4 Å². The summed E-state index contributed by atoms with van der Waals surface area (Å²) < 4.78 is 1.32. The first-order valence-electron chi connectivity index (χ1n) is 4.41. The second-order valence-electron chi connectivity index (χ2n) is 4.28. The van der Waals surface area contributed by atoms with E-state index in [1.807, 2.05) is 5.51 Å². The Kier molecular flexibility index (Phi) is 2.00. The van der Waals surface area contributed by atoms with Crippen LogP contribution in [0.2, 0.25) is 19.6 Å². The van der Waals surface area contributed by atoms with Crippen LogP contribution in [0.15, 0.2) is 23.7 Å². The van der Waals surface area contributed by atoms with Gasteiger partial charge in [-0.3, -0.25) is 0 Å². The van der Waals surface area contributed by atoms with Crippen molar-refractivity contribution in [3.05, 3.63) is 23.7 Å². The second kappa shape index (κ2) is 2.92. The zero-order valence-electron chi connectivity index (χ0n) is 8.16. The van der Waals surface area contributed by atoms with Crippen LogP contribution in [-0.2, 0) is 0 Å². The highest BCUT2D eigenvalue weighted by atomic mass is 32.1. The Morgan fingerprint density at radius 3 is 2.69 bits per heavy atom. The number of hydrogen-bond acceptors (Lipinski definition) is 2. The molecule has 0 atom stereocenters. The Bertz CT molecular complexity index is 428. The van der Waals surface area contributed by atoms with E-state index in [2.05, 4.69) is 42.8 Å². The quantitative estimate of drug-likeness (QED) is 0.655. The Morgan fingerprint density at radius 2 is 2.00 bits per heavy atom. The Hall–Kier alpha value is -0.673. The predicted molar refractivity (Wildman–Crippen MR) is 62.6 cm³/mol. The maximum Gasteiger partial charge on any atom is 0.0811 e. The van der Waals surface area contributed by atoms with Gasteiger partial charge in [-0.05, 0) is 12.1 Å². The molecule has 0 bridgehead atoms. The lowest BCUT2D eigenvalue weighted by Crippen LogP contribution is -2.37. The van der Waals surface area contributed by atoms with E-state index in [0.717, 1.165) is 5.52 Å².